The molecule has 0 aliphatic rings. The second-order valence-electron chi connectivity index (χ2n) is 6.86. The maximum absolute atomic E-state index is 12.6. The lowest BCUT2D eigenvalue weighted by atomic mass is 10.00. The van der Waals surface area contributed by atoms with Crippen molar-refractivity contribution in [3.63, 3.8) is 0 Å². The summed E-state index contributed by atoms with van der Waals surface area (Å²) in [6.07, 6.45) is 1.83. The van der Waals surface area contributed by atoms with Crippen molar-refractivity contribution < 1.29 is 29.4 Å². The molecule has 0 unspecified atom stereocenters. The first-order valence-electron chi connectivity index (χ1n) is 9.98. The number of rotatable bonds is 10. The fourth-order valence-corrected chi connectivity index (χ4v) is 2.95. The Balaban J connectivity index is 2.17. The summed E-state index contributed by atoms with van der Waals surface area (Å²) >= 11 is 0. The highest BCUT2D eigenvalue weighted by Crippen LogP contribution is 2.29. The van der Waals surface area contributed by atoms with Crippen LogP contribution in [0.5, 0.6) is 5.75 Å². The van der Waals surface area contributed by atoms with E-state index in [2.05, 4.69) is 5.32 Å². The van der Waals surface area contributed by atoms with Gasteiger partial charge >= 0.3 is 6.09 Å². The van der Waals surface area contributed by atoms with Crippen molar-refractivity contribution >= 4 is 17.7 Å². The van der Waals surface area contributed by atoms with Crippen LogP contribution < -0.4 is 10.8 Å². The Morgan fingerprint density at radius 1 is 1.10 bits per heavy atom. The molecule has 166 valence electrons. The standard InChI is InChI=1S/C23H28N2O6/c1-3-30-20(6-4-5-7-21(27)25-29)22(17-10-14-19(26)15-11-17)31-23(28)24-18-12-8-16(2)9-13-18/h5,7-15,20,22,26,29H,3-4,6H2,1-2H3,(H,24,28)(H,25,27)/b7-5+/t20-,22-/m1/s1. The molecule has 31 heavy (non-hydrogen) atoms. The molecule has 2 rings (SSSR count). The topological polar surface area (TPSA) is 117 Å². The zero-order chi connectivity index (χ0) is 22.6. The number of phenols is 1. The highest BCUT2D eigenvalue weighted by Gasteiger charge is 2.27. The smallest absolute Gasteiger partial charge is 0.412 e. The number of aryl methyl sites for hydroxylation is 1. The molecular formula is C23H28N2O6. The van der Waals surface area contributed by atoms with Gasteiger partial charge in [-0.25, -0.2) is 10.3 Å². The largest absolute Gasteiger partial charge is 0.508 e. The Morgan fingerprint density at radius 3 is 2.39 bits per heavy atom. The molecule has 0 radical (unpaired) electrons. The molecule has 8 heteroatoms. The molecule has 0 fully saturated rings. The molecule has 0 bridgehead atoms. The number of hydroxylamine groups is 1. The third kappa shape index (κ3) is 8.12. The molecule has 0 aliphatic heterocycles. The van der Waals surface area contributed by atoms with E-state index in [1.54, 1.807) is 30.3 Å². The molecule has 0 aromatic heterocycles. The first-order chi connectivity index (χ1) is 14.9. The van der Waals surface area contributed by atoms with Gasteiger partial charge in [0.15, 0.2) is 6.10 Å². The zero-order valence-electron chi connectivity index (χ0n) is 17.6. The van der Waals surface area contributed by atoms with Gasteiger partial charge in [-0.15, -0.1) is 0 Å². The summed E-state index contributed by atoms with van der Waals surface area (Å²) in [5, 5.41) is 20.9. The van der Waals surface area contributed by atoms with E-state index in [1.165, 1.54) is 23.7 Å². The minimum absolute atomic E-state index is 0.0949. The van der Waals surface area contributed by atoms with Crippen molar-refractivity contribution in [3.8, 4) is 5.75 Å². The first kappa shape index (κ1) is 23.9. The molecular weight excluding hydrogens is 400 g/mol. The maximum atomic E-state index is 12.6. The molecule has 0 spiro atoms. The summed E-state index contributed by atoms with van der Waals surface area (Å²) in [6.45, 7) is 4.18. The number of hydrogen-bond acceptors (Lipinski definition) is 6. The van der Waals surface area contributed by atoms with Crippen LogP contribution in [0.15, 0.2) is 60.7 Å². The second-order valence-corrected chi connectivity index (χ2v) is 6.86. The molecule has 0 heterocycles. The Kier molecular flexibility index (Phi) is 9.54. The van der Waals surface area contributed by atoms with Crippen LogP contribution in [-0.2, 0) is 14.3 Å². The summed E-state index contributed by atoms with van der Waals surface area (Å²) in [4.78, 5) is 23.7. The van der Waals surface area contributed by atoms with Crippen LogP contribution in [0.4, 0.5) is 10.5 Å². The normalized spacial score (nSPS) is 12.9. The summed E-state index contributed by atoms with van der Waals surface area (Å²) < 4.78 is 11.6. The third-order valence-electron chi connectivity index (χ3n) is 4.47. The number of hydrogen-bond donors (Lipinski definition) is 4. The lowest BCUT2D eigenvalue weighted by Gasteiger charge is -2.27. The quantitative estimate of drug-likeness (QED) is 0.255. The van der Waals surface area contributed by atoms with E-state index in [-0.39, 0.29) is 5.75 Å². The van der Waals surface area contributed by atoms with Crippen LogP contribution in [0.25, 0.3) is 0 Å². The van der Waals surface area contributed by atoms with Crippen LogP contribution in [0.3, 0.4) is 0 Å². The number of aromatic hydroxyl groups is 1. The van der Waals surface area contributed by atoms with Crippen LogP contribution in [0, 0.1) is 6.92 Å². The van der Waals surface area contributed by atoms with Gasteiger partial charge in [-0.2, -0.15) is 0 Å². The Labute approximate surface area is 181 Å². The monoisotopic (exact) mass is 428 g/mol. The number of carbonyl (C=O) groups is 2. The van der Waals surface area contributed by atoms with Gasteiger partial charge in [0.25, 0.3) is 5.91 Å². The van der Waals surface area contributed by atoms with E-state index in [9.17, 15) is 14.7 Å². The van der Waals surface area contributed by atoms with Crippen LogP contribution in [-0.4, -0.2) is 35.0 Å². The molecule has 2 aromatic rings. The number of phenolic OH excluding ortho intramolecular Hbond substituents is 1. The average molecular weight is 428 g/mol. The van der Waals surface area contributed by atoms with E-state index in [0.717, 1.165) is 5.56 Å². The Morgan fingerprint density at radius 2 is 1.77 bits per heavy atom. The van der Waals surface area contributed by atoms with E-state index in [0.29, 0.717) is 30.7 Å². The van der Waals surface area contributed by atoms with Crippen molar-refractivity contribution in [3.05, 3.63) is 71.8 Å². The Hall–Kier alpha value is -3.36. The lowest BCUT2D eigenvalue weighted by molar-refractivity contribution is -0.124. The summed E-state index contributed by atoms with van der Waals surface area (Å²) in [5.41, 5.74) is 3.86. The summed E-state index contributed by atoms with van der Waals surface area (Å²) in [6, 6.07) is 13.7. The molecule has 2 atom stereocenters. The number of ether oxygens (including phenoxy) is 2. The van der Waals surface area contributed by atoms with Gasteiger partial charge in [0, 0.05) is 18.4 Å². The first-order valence-corrected chi connectivity index (χ1v) is 9.98. The molecule has 0 saturated heterocycles. The molecule has 0 saturated carbocycles. The number of carbonyl (C=O) groups excluding carboxylic acids is 2. The number of benzene rings is 2. The molecule has 2 aromatic carbocycles. The number of allylic oxidation sites excluding steroid dienone is 1. The van der Waals surface area contributed by atoms with E-state index in [1.807, 2.05) is 26.0 Å². The van der Waals surface area contributed by atoms with Crippen LogP contribution in [0.1, 0.15) is 37.0 Å². The second kappa shape index (κ2) is 12.4. The van der Waals surface area contributed by atoms with Gasteiger partial charge in [-0.05, 0) is 56.5 Å². The van der Waals surface area contributed by atoms with Gasteiger partial charge in [0.2, 0.25) is 0 Å². The van der Waals surface area contributed by atoms with Gasteiger partial charge < -0.3 is 14.6 Å². The van der Waals surface area contributed by atoms with Gasteiger partial charge in [-0.1, -0.05) is 35.9 Å². The highest BCUT2D eigenvalue weighted by molar-refractivity contribution is 5.86. The van der Waals surface area contributed by atoms with Gasteiger partial charge in [0.05, 0.1) is 6.10 Å². The van der Waals surface area contributed by atoms with Crippen molar-refractivity contribution in [2.24, 2.45) is 0 Å². The van der Waals surface area contributed by atoms with Gasteiger partial charge in [0.1, 0.15) is 5.75 Å². The van der Waals surface area contributed by atoms with Crippen molar-refractivity contribution in [2.75, 3.05) is 11.9 Å². The molecule has 8 nitrogen and oxygen atoms in total. The fourth-order valence-electron chi connectivity index (χ4n) is 2.95. The molecule has 2 amide bonds. The van der Waals surface area contributed by atoms with E-state index >= 15 is 0 Å². The minimum atomic E-state index is -0.744. The summed E-state index contributed by atoms with van der Waals surface area (Å²) in [5.74, 6) is -0.533. The van der Waals surface area contributed by atoms with Crippen LogP contribution >= 0.6 is 0 Å². The van der Waals surface area contributed by atoms with Crippen LogP contribution in [0.2, 0.25) is 0 Å². The fraction of sp³-hybridized carbons (Fsp3) is 0.304. The predicted octanol–water partition coefficient (Wildman–Crippen LogP) is 4.24. The molecule has 0 aliphatic carbocycles. The number of amides is 2. The SMILES string of the molecule is CCO[C@H](CC/C=C/C(=O)NO)[C@H](OC(=O)Nc1ccc(C)cc1)c1ccc(O)cc1. The van der Waals surface area contributed by atoms with Crippen molar-refractivity contribution in [1.82, 2.24) is 5.48 Å². The predicted molar refractivity (Wildman–Crippen MR) is 116 cm³/mol. The van der Waals surface area contributed by atoms with Gasteiger partial charge in [-0.3, -0.25) is 15.3 Å². The Bertz CT molecular complexity index is 865. The zero-order valence-corrected chi connectivity index (χ0v) is 17.6. The number of nitrogens with one attached hydrogen (secondary N) is 2. The summed E-state index contributed by atoms with van der Waals surface area (Å²) in [7, 11) is 0. The van der Waals surface area contributed by atoms with Crippen molar-refractivity contribution in [1.29, 1.82) is 0 Å². The number of anilines is 1. The lowest BCUT2D eigenvalue weighted by Crippen LogP contribution is -2.29. The minimum Gasteiger partial charge on any atom is -0.508 e. The van der Waals surface area contributed by atoms with Crippen molar-refractivity contribution in [2.45, 2.75) is 38.9 Å². The average Bonchev–Trinajstić information content (AvgIpc) is 2.76. The third-order valence-corrected chi connectivity index (χ3v) is 4.47. The highest BCUT2D eigenvalue weighted by atomic mass is 16.6. The maximum Gasteiger partial charge on any atom is 0.412 e. The van der Waals surface area contributed by atoms with E-state index < -0.39 is 24.2 Å². The van der Waals surface area contributed by atoms with E-state index in [4.69, 9.17) is 14.7 Å². The molecule has 4 N–H and O–H groups in total.